The van der Waals surface area contributed by atoms with Gasteiger partial charge in [-0.25, -0.2) is 4.99 Å². The first-order valence-electron chi connectivity index (χ1n) is 8.37. The molecule has 0 radical (unpaired) electrons. The Morgan fingerprint density at radius 2 is 1.68 bits per heavy atom. The monoisotopic (exact) mass is 432 g/mol. The Labute approximate surface area is 169 Å². The van der Waals surface area contributed by atoms with Crippen molar-refractivity contribution in [3.63, 3.8) is 0 Å². The molecule has 0 spiro atoms. The van der Waals surface area contributed by atoms with Gasteiger partial charge in [-0.3, -0.25) is 0 Å². The van der Waals surface area contributed by atoms with Crippen LogP contribution in [0.15, 0.2) is 89.8 Å². The summed E-state index contributed by atoms with van der Waals surface area (Å²) in [5, 5.41) is 9.73. The number of hydrogen-bond acceptors (Lipinski definition) is 5. The molecule has 4 rings (SSSR count). The van der Waals surface area contributed by atoms with Crippen molar-refractivity contribution in [1.82, 2.24) is 0 Å². The van der Waals surface area contributed by atoms with Gasteiger partial charge in [-0.1, -0.05) is 30.3 Å². The quantitative estimate of drug-likeness (QED) is 0.324. The van der Waals surface area contributed by atoms with Gasteiger partial charge in [0.2, 0.25) is 5.88 Å². The molecule has 5 nitrogen and oxygen atoms in total. The van der Waals surface area contributed by atoms with Crippen LogP contribution in [0.2, 0.25) is 0 Å². The number of furan rings is 3. The predicted molar refractivity (Wildman–Crippen MR) is 110 cm³/mol. The molecule has 0 unspecified atom stereocenters. The normalized spacial score (nSPS) is 11.8. The summed E-state index contributed by atoms with van der Waals surface area (Å²) in [5.74, 6) is 1.57. The van der Waals surface area contributed by atoms with E-state index in [-0.39, 0.29) is 11.4 Å². The molecular formula is C22H13BrN2O3. The molecule has 0 atom stereocenters. The number of benzene rings is 1. The lowest BCUT2D eigenvalue weighted by atomic mass is 10.1. The molecule has 6 heteroatoms. The largest absolute Gasteiger partial charge is 0.464 e. The zero-order valence-electron chi connectivity index (χ0n) is 14.5. The van der Waals surface area contributed by atoms with Crippen molar-refractivity contribution < 1.29 is 13.3 Å². The van der Waals surface area contributed by atoms with Crippen LogP contribution >= 0.6 is 15.9 Å². The van der Waals surface area contributed by atoms with E-state index >= 15 is 0 Å². The summed E-state index contributed by atoms with van der Waals surface area (Å²) in [6, 6.07) is 19.0. The maximum Gasteiger partial charge on any atom is 0.238 e. The molecule has 0 bridgehead atoms. The van der Waals surface area contributed by atoms with Crippen LogP contribution in [0.3, 0.4) is 0 Å². The van der Waals surface area contributed by atoms with Crippen molar-refractivity contribution in [2.45, 2.75) is 0 Å². The van der Waals surface area contributed by atoms with Crippen molar-refractivity contribution in [1.29, 1.82) is 5.26 Å². The smallest absolute Gasteiger partial charge is 0.238 e. The molecular weight excluding hydrogens is 420 g/mol. The number of hydrogen-bond donors (Lipinski definition) is 0. The Morgan fingerprint density at radius 3 is 2.32 bits per heavy atom. The number of nitrogens with zero attached hydrogens (tertiary/aromatic N) is 2. The Bertz CT molecular complexity index is 1160. The summed E-state index contributed by atoms with van der Waals surface area (Å²) < 4.78 is 17.6. The van der Waals surface area contributed by atoms with Crippen LogP contribution in [0, 0.1) is 11.3 Å². The standard InChI is InChI=1S/C22H13BrN2O3/c23-16(12-15-6-2-1-3-7-15)14-25-22-17(13-24)20(18-8-4-10-26-18)21(28-22)19-9-5-11-27-19/h1-12,14H/b16-12+,25-14?. The molecule has 3 heterocycles. The summed E-state index contributed by atoms with van der Waals surface area (Å²) in [6.45, 7) is 0. The lowest BCUT2D eigenvalue weighted by molar-refractivity contribution is 0.527. The van der Waals surface area contributed by atoms with Crippen LogP contribution in [0.1, 0.15) is 11.1 Å². The first-order chi connectivity index (χ1) is 13.8. The van der Waals surface area contributed by atoms with Crippen molar-refractivity contribution in [3.05, 3.63) is 82.7 Å². The molecule has 0 aliphatic heterocycles. The van der Waals surface area contributed by atoms with Crippen molar-refractivity contribution in [2.24, 2.45) is 4.99 Å². The van der Waals surface area contributed by atoms with Crippen molar-refractivity contribution in [2.75, 3.05) is 0 Å². The van der Waals surface area contributed by atoms with Gasteiger partial charge in [0.05, 0.1) is 18.1 Å². The van der Waals surface area contributed by atoms with Crippen LogP contribution < -0.4 is 0 Å². The summed E-state index contributed by atoms with van der Waals surface area (Å²) in [5.41, 5.74) is 1.81. The fraction of sp³-hybridized carbons (Fsp3) is 0. The molecule has 136 valence electrons. The molecule has 28 heavy (non-hydrogen) atoms. The zero-order chi connectivity index (χ0) is 19.3. The average Bonchev–Trinajstić information content (AvgIpc) is 3.46. The molecule has 0 fully saturated rings. The minimum Gasteiger partial charge on any atom is -0.464 e. The zero-order valence-corrected chi connectivity index (χ0v) is 16.1. The molecule has 0 aliphatic carbocycles. The molecule has 1 aromatic carbocycles. The SMILES string of the molecule is N#Cc1c(N=C/C(Br)=C\c2ccccc2)oc(-c2ccco2)c1-c1ccco1. The van der Waals surface area contributed by atoms with Gasteiger partial charge < -0.3 is 13.3 Å². The second kappa shape index (κ2) is 7.99. The lowest BCUT2D eigenvalue weighted by Crippen LogP contribution is -1.80. The van der Waals surface area contributed by atoms with Gasteiger partial charge in [0, 0.05) is 10.7 Å². The summed E-state index contributed by atoms with van der Waals surface area (Å²) in [4.78, 5) is 4.36. The summed E-state index contributed by atoms with van der Waals surface area (Å²) in [7, 11) is 0. The molecule has 0 saturated heterocycles. The number of nitriles is 1. The second-order valence-electron chi connectivity index (χ2n) is 5.75. The third-order valence-corrected chi connectivity index (χ3v) is 4.36. The Balaban J connectivity index is 1.77. The first-order valence-corrected chi connectivity index (χ1v) is 9.16. The van der Waals surface area contributed by atoms with E-state index in [9.17, 15) is 5.26 Å². The highest BCUT2D eigenvalue weighted by Gasteiger charge is 2.25. The second-order valence-corrected chi connectivity index (χ2v) is 6.67. The fourth-order valence-corrected chi connectivity index (χ4v) is 3.08. The van der Waals surface area contributed by atoms with E-state index in [1.54, 1.807) is 30.5 Å². The van der Waals surface area contributed by atoms with Crippen molar-refractivity contribution in [3.8, 4) is 28.9 Å². The third kappa shape index (κ3) is 3.61. The van der Waals surface area contributed by atoms with E-state index < -0.39 is 0 Å². The van der Waals surface area contributed by atoms with E-state index in [1.807, 2.05) is 36.4 Å². The van der Waals surface area contributed by atoms with E-state index in [0.29, 0.717) is 22.8 Å². The number of rotatable bonds is 5. The van der Waals surface area contributed by atoms with Gasteiger partial charge in [-0.2, -0.15) is 5.26 Å². The Morgan fingerprint density at radius 1 is 0.964 bits per heavy atom. The van der Waals surface area contributed by atoms with Gasteiger partial charge in [0.25, 0.3) is 0 Å². The van der Waals surface area contributed by atoms with Gasteiger partial charge in [-0.15, -0.1) is 0 Å². The number of allylic oxidation sites excluding steroid dienone is 1. The minimum atomic E-state index is 0.179. The molecule has 3 aromatic heterocycles. The Kier molecular flexibility index (Phi) is 5.09. The first kappa shape index (κ1) is 17.8. The Hall–Kier alpha value is -3.56. The minimum absolute atomic E-state index is 0.179. The molecule has 0 saturated carbocycles. The predicted octanol–water partition coefficient (Wildman–Crippen LogP) is 6.81. The third-order valence-electron chi connectivity index (χ3n) is 3.92. The van der Waals surface area contributed by atoms with Crippen molar-refractivity contribution >= 4 is 34.1 Å². The van der Waals surface area contributed by atoms with E-state index in [1.165, 1.54) is 12.5 Å². The maximum atomic E-state index is 9.73. The average molecular weight is 433 g/mol. The van der Waals surface area contributed by atoms with E-state index in [4.69, 9.17) is 13.3 Å². The highest BCUT2D eigenvalue weighted by molar-refractivity contribution is 9.12. The van der Waals surface area contributed by atoms with E-state index in [2.05, 4.69) is 27.0 Å². The topological polar surface area (TPSA) is 75.6 Å². The fourth-order valence-electron chi connectivity index (χ4n) is 2.72. The van der Waals surface area contributed by atoms with Crippen LogP contribution in [0.5, 0.6) is 0 Å². The van der Waals surface area contributed by atoms with Gasteiger partial charge in [0.15, 0.2) is 11.5 Å². The molecule has 0 amide bonds. The van der Waals surface area contributed by atoms with Gasteiger partial charge in [-0.05, 0) is 51.8 Å². The van der Waals surface area contributed by atoms with Crippen LogP contribution in [0.4, 0.5) is 5.88 Å². The molecule has 0 N–H and O–H groups in total. The lowest BCUT2D eigenvalue weighted by Gasteiger charge is -1.96. The molecule has 4 aromatic rings. The van der Waals surface area contributed by atoms with Crippen LogP contribution in [-0.2, 0) is 0 Å². The van der Waals surface area contributed by atoms with Gasteiger partial charge >= 0.3 is 0 Å². The highest BCUT2D eigenvalue weighted by atomic mass is 79.9. The molecule has 0 aliphatic rings. The van der Waals surface area contributed by atoms with Gasteiger partial charge in [0.1, 0.15) is 17.4 Å². The van der Waals surface area contributed by atoms with E-state index in [0.717, 1.165) is 10.0 Å². The number of aliphatic imine (C=N–C) groups is 1. The van der Waals surface area contributed by atoms with Crippen LogP contribution in [0.25, 0.3) is 28.9 Å². The highest BCUT2D eigenvalue weighted by Crippen LogP contribution is 2.42. The summed E-state index contributed by atoms with van der Waals surface area (Å²) >= 11 is 3.47. The number of halogens is 1. The summed E-state index contributed by atoms with van der Waals surface area (Å²) in [6.07, 6.45) is 6.58. The maximum absolute atomic E-state index is 9.73. The van der Waals surface area contributed by atoms with Crippen LogP contribution in [-0.4, -0.2) is 6.21 Å².